The molecule has 0 bridgehead atoms. The largest absolute Gasteiger partial charge is 0.337 e. The van der Waals surface area contributed by atoms with Gasteiger partial charge >= 0.3 is 0 Å². The molecule has 1 atom stereocenters. The maximum atomic E-state index is 4.44. The molecule has 0 aromatic carbocycles. The third kappa shape index (κ3) is 4.50. The third-order valence-electron chi connectivity index (χ3n) is 3.24. The highest BCUT2D eigenvalue weighted by Crippen LogP contribution is 2.22. The fourth-order valence-electron chi connectivity index (χ4n) is 2.09. The molecule has 0 aliphatic rings. The number of nitrogens with zero attached hydrogens (tertiary/aromatic N) is 2. The Hall–Kier alpha value is -0.830. The van der Waals surface area contributed by atoms with Gasteiger partial charge in [-0.25, -0.2) is 4.98 Å². The lowest BCUT2D eigenvalue weighted by Gasteiger charge is -2.31. The fourth-order valence-corrected chi connectivity index (χ4v) is 2.09. The van der Waals surface area contributed by atoms with Gasteiger partial charge in [-0.15, -0.1) is 0 Å². The van der Waals surface area contributed by atoms with Crippen molar-refractivity contribution in [3.05, 3.63) is 18.2 Å². The fraction of sp³-hybridized carbons (Fsp3) is 0.786. The van der Waals surface area contributed by atoms with E-state index in [1.165, 1.54) is 5.69 Å². The van der Waals surface area contributed by atoms with E-state index in [1.807, 2.05) is 6.33 Å². The van der Waals surface area contributed by atoms with Gasteiger partial charge in [0, 0.05) is 18.8 Å². The molecule has 1 heterocycles. The summed E-state index contributed by atoms with van der Waals surface area (Å²) in [7, 11) is 0. The van der Waals surface area contributed by atoms with Gasteiger partial charge in [-0.3, -0.25) is 0 Å². The van der Waals surface area contributed by atoms with Gasteiger partial charge in [-0.2, -0.15) is 0 Å². The van der Waals surface area contributed by atoms with Crippen LogP contribution in [0.4, 0.5) is 0 Å². The molecule has 0 aliphatic heterocycles. The number of hydrogen-bond acceptors (Lipinski definition) is 2. The van der Waals surface area contributed by atoms with Gasteiger partial charge in [0.05, 0.1) is 12.0 Å². The Labute approximate surface area is 106 Å². The molecule has 3 heteroatoms. The maximum Gasteiger partial charge on any atom is 0.0949 e. The van der Waals surface area contributed by atoms with E-state index in [2.05, 4.69) is 55.7 Å². The summed E-state index contributed by atoms with van der Waals surface area (Å²) in [6, 6.07) is 0.555. The van der Waals surface area contributed by atoms with Crippen molar-refractivity contribution in [1.29, 1.82) is 0 Å². The lowest BCUT2D eigenvalue weighted by atomic mass is 9.84. The molecule has 0 spiro atoms. The molecule has 17 heavy (non-hydrogen) atoms. The Morgan fingerprint density at radius 1 is 1.35 bits per heavy atom. The van der Waals surface area contributed by atoms with Crippen molar-refractivity contribution in [3.8, 4) is 0 Å². The van der Waals surface area contributed by atoms with Crippen LogP contribution < -0.4 is 5.32 Å². The Balaban J connectivity index is 2.51. The minimum absolute atomic E-state index is 0.309. The molecule has 3 nitrogen and oxygen atoms in total. The average Bonchev–Trinajstić information content (AvgIpc) is 2.70. The van der Waals surface area contributed by atoms with E-state index in [0.29, 0.717) is 11.5 Å². The number of hydrogen-bond donors (Lipinski definition) is 1. The van der Waals surface area contributed by atoms with Crippen LogP contribution in [0.3, 0.4) is 0 Å². The monoisotopic (exact) mass is 237 g/mol. The summed E-state index contributed by atoms with van der Waals surface area (Å²) in [5.41, 5.74) is 1.52. The van der Waals surface area contributed by atoms with Crippen LogP contribution in [0.1, 0.15) is 46.7 Å². The van der Waals surface area contributed by atoms with Crippen LogP contribution in [-0.4, -0.2) is 22.1 Å². The van der Waals surface area contributed by atoms with Crippen LogP contribution in [0.15, 0.2) is 12.5 Å². The van der Waals surface area contributed by atoms with Gasteiger partial charge < -0.3 is 9.88 Å². The molecule has 98 valence electrons. The summed E-state index contributed by atoms with van der Waals surface area (Å²) in [4.78, 5) is 4.44. The van der Waals surface area contributed by atoms with Crippen molar-refractivity contribution in [2.45, 2.75) is 60.0 Å². The van der Waals surface area contributed by atoms with Crippen LogP contribution in [0.25, 0.3) is 0 Å². The van der Waals surface area contributed by atoms with E-state index in [9.17, 15) is 0 Å². The normalized spacial score (nSPS) is 13.9. The summed E-state index contributed by atoms with van der Waals surface area (Å²) in [6.45, 7) is 13.2. The zero-order valence-electron chi connectivity index (χ0n) is 12.0. The van der Waals surface area contributed by atoms with Gasteiger partial charge in [0.1, 0.15) is 0 Å². The Kier molecular flexibility index (Phi) is 5.19. The number of aromatic nitrogens is 2. The summed E-state index contributed by atoms with van der Waals surface area (Å²) in [6.07, 6.45) is 6.29. The quantitative estimate of drug-likeness (QED) is 0.824. The summed E-state index contributed by atoms with van der Waals surface area (Å²) >= 11 is 0. The molecule has 1 N–H and O–H groups in total. The van der Waals surface area contributed by atoms with Crippen LogP contribution >= 0.6 is 0 Å². The second kappa shape index (κ2) is 6.20. The van der Waals surface area contributed by atoms with Crippen LogP contribution in [0, 0.1) is 5.41 Å². The van der Waals surface area contributed by atoms with Crippen molar-refractivity contribution in [1.82, 2.24) is 14.9 Å². The maximum absolute atomic E-state index is 4.44. The van der Waals surface area contributed by atoms with Gasteiger partial charge in [0.15, 0.2) is 0 Å². The van der Waals surface area contributed by atoms with Gasteiger partial charge in [0.2, 0.25) is 0 Å². The highest BCUT2D eigenvalue weighted by Gasteiger charge is 2.23. The van der Waals surface area contributed by atoms with E-state index in [0.717, 1.165) is 25.9 Å². The average molecular weight is 237 g/mol. The van der Waals surface area contributed by atoms with Crippen LogP contribution in [0.2, 0.25) is 0 Å². The predicted octanol–water partition coefficient (Wildman–Crippen LogP) is 2.86. The second-order valence-electron chi connectivity index (χ2n) is 5.71. The summed E-state index contributed by atoms with van der Waals surface area (Å²) in [5.74, 6) is 0. The second-order valence-corrected chi connectivity index (χ2v) is 5.71. The molecular weight excluding hydrogens is 210 g/mol. The molecule has 0 radical (unpaired) electrons. The topological polar surface area (TPSA) is 29.9 Å². The smallest absolute Gasteiger partial charge is 0.0949 e. The number of aryl methyl sites for hydroxylation is 2. The summed E-state index contributed by atoms with van der Waals surface area (Å²) in [5, 5.41) is 3.58. The molecule has 1 aromatic heterocycles. The van der Waals surface area contributed by atoms with Crippen molar-refractivity contribution in [2.24, 2.45) is 5.41 Å². The lowest BCUT2D eigenvalue weighted by molar-refractivity contribution is 0.258. The van der Waals surface area contributed by atoms with E-state index in [-0.39, 0.29) is 0 Å². The Morgan fingerprint density at radius 2 is 2.06 bits per heavy atom. The lowest BCUT2D eigenvalue weighted by Crippen LogP contribution is -2.40. The molecule has 0 saturated heterocycles. The molecule has 0 fully saturated rings. The molecule has 1 rings (SSSR count). The third-order valence-corrected chi connectivity index (χ3v) is 3.24. The van der Waals surface area contributed by atoms with Crippen molar-refractivity contribution < 1.29 is 0 Å². The molecule has 0 saturated carbocycles. The van der Waals surface area contributed by atoms with E-state index >= 15 is 0 Å². The van der Waals surface area contributed by atoms with Crippen molar-refractivity contribution in [2.75, 3.05) is 6.54 Å². The van der Waals surface area contributed by atoms with Crippen molar-refractivity contribution >= 4 is 0 Å². The number of nitrogens with one attached hydrogen (secondary N) is 1. The van der Waals surface area contributed by atoms with E-state index < -0.39 is 0 Å². The standard InChI is InChI=1S/C14H27N3/c1-6-15-13(14(3,4)5)9-8-12-10-17(7-2)11-16-12/h10-11,13,15H,6-9H2,1-5H3. The Bertz CT molecular complexity index is 322. The molecule has 0 aliphatic carbocycles. The SMILES string of the molecule is CCNC(CCc1cn(CC)cn1)C(C)(C)C. The minimum Gasteiger partial charge on any atom is -0.337 e. The molecular formula is C14H27N3. The zero-order valence-corrected chi connectivity index (χ0v) is 12.0. The van der Waals surface area contributed by atoms with Gasteiger partial charge in [-0.05, 0) is 31.7 Å². The first kappa shape index (κ1) is 14.2. The molecule has 1 aromatic rings. The van der Waals surface area contributed by atoms with E-state index in [4.69, 9.17) is 0 Å². The molecule has 1 unspecified atom stereocenters. The predicted molar refractivity (Wildman–Crippen MR) is 73.1 cm³/mol. The highest BCUT2D eigenvalue weighted by molar-refractivity contribution is 4.98. The summed E-state index contributed by atoms with van der Waals surface area (Å²) < 4.78 is 2.13. The first-order valence-corrected chi connectivity index (χ1v) is 6.71. The van der Waals surface area contributed by atoms with Crippen molar-refractivity contribution in [3.63, 3.8) is 0 Å². The van der Waals surface area contributed by atoms with E-state index in [1.54, 1.807) is 0 Å². The number of rotatable bonds is 6. The van der Waals surface area contributed by atoms with Crippen LogP contribution in [0.5, 0.6) is 0 Å². The minimum atomic E-state index is 0.309. The first-order valence-electron chi connectivity index (χ1n) is 6.71. The molecule has 0 amide bonds. The van der Waals surface area contributed by atoms with Gasteiger partial charge in [-0.1, -0.05) is 27.7 Å². The Morgan fingerprint density at radius 3 is 2.53 bits per heavy atom. The highest BCUT2D eigenvalue weighted by atomic mass is 15.0. The zero-order chi connectivity index (χ0) is 12.9. The number of imidazole rings is 1. The van der Waals surface area contributed by atoms with Gasteiger partial charge in [0.25, 0.3) is 0 Å². The van der Waals surface area contributed by atoms with Crippen LogP contribution in [-0.2, 0) is 13.0 Å². The first-order chi connectivity index (χ1) is 7.97.